The first-order valence-corrected chi connectivity index (χ1v) is 4.26. The molecule has 14 heavy (non-hydrogen) atoms. The van der Waals surface area contributed by atoms with Crippen LogP contribution in [0.4, 0.5) is 0 Å². The van der Waals surface area contributed by atoms with Crippen molar-refractivity contribution in [2.24, 2.45) is 5.92 Å². The van der Waals surface area contributed by atoms with Crippen LogP contribution in [0.5, 0.6) is 0 Å². The minimum atomic E-state index is -0.838. The third-order valence-corrected chi connectivity index (χ3v) is 1.93. The number of carboxylic acid groups (broad SMARTS) is 1. The van der Waals surface area contributed by atoms with Gasteiger partial charge < -0.3 is 5.11 Å². The van der Waals surface area contributed by atoms with Gasteiger partial charge in [0.25, 0.3) is 0 Å². The van der Waals surface area contributed by atoms with Crippen LogP contribution < -0.4 is 0 Å². The lowest BCUT2D eigenvalue weighted by atomic mass is 10.0. The first-order valence-electron chi connectivity index (χ1n) is 4.26. The topological polar surface area (TPSA) is 67.3 Å². The van der Waals surface area contributed by atoms with Crippen molar-refractivity contribution in [3.8, 4) is 0 Å². The van der Waals surface area contributed by atoms with Crippen molar-refractivity contribution < 1.29 is 14.7 Å². The Morgan fingerprint density at radius 2 is 2.43 bits per heavy atom. The van der Waals surface area contributed by atoms with Crippen LogP contribution in [0.2, 0.25) is 0 Å². The smallest absolute Gasteiger partial charge is 0.306 e. The van der Waals surface area contributed by atoms with E-state index in [0.717, 1.165) is 5.56 Å². The molecule has 74 valence electrons. The highest BCUT2D eigenvalue weighted by Gasteiger charge is 2.11. The van der Waals surface area contributed by atoms with Crippen molar-refractivity contribution in [3.05, 3.63) is 29.6 Å². The molecular weight excluding hydrogens is 182 g/mol. The Balaban J connectivity index is 2.76. The number of pyridine rings is 1. The second kappa shape index (κ2) is 4.50. The molecule has 1 N–H and O–H groups in total. The standard InChI is InChI=1S/C10H11NO3/c1-7(10(13)14)4-8-2-3-11-9(5-8)6-12/h2-3,5-7H,4H2,1H3,(H,13,14). The summed E-state index contributed by atoms with van der Waals surface area (Å²) < 4.78 is 0. The second-order valence-electron chi connectivity index (χ2n) is 3.15. The lowest BCUT2D eigenvalue weighted by Crippen LogP contribution is -2.12. The molecule has 0 bridgehead atoms. The van der Waals surface area contributed by atoms with Crippen molar-refractivity contribution in [1.29, 1.82) is 0 Å². The molecule has 0 saturated carbocycles. The van der Waals surface area contributed by atoms with Crippen LogP contribution in [0.15, 0.2) is 18.3 Å². The van der Waals surface area contributed by atoms with Crippen LogP contribution in [0.25, 0.3) is 0 Å². The molecular formula is C10H11NO3. The number of aldehydes is 1. The second-order valence-corrected chi connectivity index (χ2v) is 3.15. The molecule has 0 fully saturated rings. The minimum Gasteiger partial charge on any atom is -0.481 e. The van der Waals surface area contributed by atoms with Crippen molar-refractivity contribution in [2.45, 2.75) is 13.3 Å². The minimum absolute atomic E-state index is 0.333. The van der Waals surface area contributed by atoms with E-state index in [1.165, 1.54) is 6.20 Å². The molecule has 0 spiro atoms. The highest BCUT2D eigenvalue weighted by molar-refractivity contribution is 5.72. The maximum absolute atomic E-state index is 10.6. The number of carboxylic acids is 1. The molecule has 0 aromatic carbocycles. The van der Waals surface area contributed by atoms with Gasteiger partial charge in [-0.3, -0.25) is 14.6 Å². The quantitative estimate of drug-likeness (QED) is 0.728. The Bertz CT molecular complexity index is 349. The molecule has 1 aromatic rings. The summed E-state index contributed by atoms with van der Waals surface area (Å²) >= 11 is 0. The average Bonchev–Trinajstić information content (AvgIpc) is 2.18. The molecule has 1 aromatic heterocycles. The van der Waals surface area contributed by atoms with E-state index in [0.29, 0.717) is 18.4 Å². The fraction of sp³-hybridized carbons (Fsp3) is 0.300. The van der Waals surface area contributed by atoms with Crippen molar-refractivity contribution in [1.82, 2.24) is 4.98 Å². The molecule has 0 saturated heterocycles. The number of aromatic nitrogens is 1. The summed E-state index contributed by atoms with van der Waals surface area (Å²) in [7, 11) is 0. The summed E-state index contributed by atoms with van der Waals surface area (Å²) in [6.07, 6.45) is 2.57. The summed E-state index contributed by atoms with van der Waals surface area (Å²) in [5.41, 5.74) is 1.15. The van der Waals surface area contributed by atoms with Gasteiger partial charge in [0.05, 0.1) is 5.92 Å². The van der Waals surface area contributed by atoms with Crippen LogP contribution >= 0.6 is 0 Å². The normalized spacial score (nSPS) is 12.1. The molecule has 0 aliphatic heterocycles. The van der Waals surface area contributed by atoms with E-state index in [-0.39, 0.29) is 0 Å². The summed E-state index contributed by atoms with van der Waals surface area (Å²) in [5.74, 6) is -1.29. The third-order valence-electron chi connectivity index (χ3n) is 1.93. The van der Waals surface area contributed by atoms with E-state index < -0.39 is 11.9 Å². The van der Waals surface area contributed by atoms with Gasteiger partial charge in [-0.15, -0.1) is 0 Å². The number of rotatable bonds is 4. The Morgan fingerprint density at radius 1 is 1.71 bits per heavy atom. The van der Waals surface area contributed by atoms with E-state index >= 15 is 0 Å². The lowest BCUT2D eigenvalue weighted by Gasteiger charge is -2.05. The summed E-state index contributed by atoms with van der Waals surface area (Å²) in [5, 5.41) is 8.68. The van der Waals surface area contributed by atoms with E-state index in [2.05, 4.69) is 4.98 Å². The molecule has 1 rings (SSSR count). The zero-order valence-corrected chi connectivity index (χ0v) is 7.80. The predicted octanol–water partition coefficient (Wildman–Crippen LogP) is 1.16. The molecule has 1 atom stereocenters. The van der Waals surface area contributed by atoms with Crippen LogP contribution in [0, 0.1) is 5.92 Å². The molecule has 4 nitrogen and oxygen atoms in total. The Labute approximate surface area is 81.6 Å². The zero-order chi connectivity index (χ0) is 10.6. The van der Waals surface area contributed by atoms with Crippen molar-refractivity contribution >= 4 is 12.3 Å². The van der Waals surface area contributed by atoms with Gasteiger partial charge in [0.1, 0.15) is 5.69 Å². The number of nitrogens with zero attached hydrogens (tertiary/aromatic N) is 1. The van der Waals surface area contributed by atoms with Gasteiger partial charge in [-0.25, -0.2) is 0 Å². The van der Waals surface area contributed by atoms with Gasteiger partial charge in [0, 0.05) is 6.20 Å². The van der Waals surface area contributed by atoms with Crippen molar-refractivity contribution in [3.63, 3.8) is 0 Å². The van der Waals surface area contributed by atoms with Crippen LogP contribution in [0.1, 0.15) is 23.0 Å². The largest absolute Gasteiger partial charge is 0.481 e. The molecule has 4 heteroatoms. The fourth-order valence-corrected chi connectivity index (χ4v) is 1.13. The molecule has 0 aliphatic rings. The molecule has 0 amide bonds. The van der Waals surface area contributed by atoms with E-state index in [9.17, 15) is 9.59 Å². The van der Waals surface area contributed by atoms with Crippen LogP contribution in [-0.4, -0.2) is 22.3 Å². The van der Waals surface area contributed by atoms with Gasteiger partial charge in [-0.05, 0) is 24.1 Å². The molecule has 1 unspecified atom stereocenters. The number of carbonyl (C=O) groups is 2. The summed E-state index contributed by atoms with van der Waals surface area (Å²) in [6, 6.07) is 3.32. The maximum Gasteiger partial charge on any atom is 0.306 e. The number of hydrogen-bond donors (Lipinski definition) is 1. The van der Waals surface area contributed by atoms with Gasteiger partial charge in [-0.1, -0.05) is 6.92 Å². The van der Waals surface area contributed by atoms with Gasteiger partial charge >= 0.3 is 5.97 Å². The van der Waals surface area contributed by atoms with Crippen LogP contribution in [-0.2, 0) is 11.2 Å². The fourth-order valence-electron chi connectivity index (χ4n) is 1.13. The number of carbonyl (C=O) groups excluding carboxylic acids is 1. The molecule has 0 radical (unpaired) electrons. The van der Waals surface area contributed by atoms with E-state index in [1.54, 1.807) is 19.1 Å². The molecule has 1 heterocycles. The monoisotopic (exact) mass is 193 g/mol. The maximum atomic E-state index is 10.6. The molecule has 0 aliphatic carbocycles. The van der Waals surface area contributed by atoms with E-state index in [4.69, 9.17) is 5.11 Å². The SMILES string of the molecule is CC(Cc1ccnc(C=O)c1)C(=O)O. The first-order chi connectivity index (χ1) is 6.63. The Kier molecular flexibility index (Phi) is 3.34. The summed E-state index contributed by atoms with van der Waals surface area (Å²) in [4.78, 5) is 24.8. The first kappa shape index (κ1) is 10.4. The van der Waals surface area contributed by atoms with Gasteiger partial charge in [0.15, 0.2) is 6.29 Å². The Hall–Kier alpha value is -1.71. The number of hydrogen-bond acceptors (Lipinski definition) is 3. The van der Waals surface area contributed by atoms with Gasteiger partial charge in [0.2, 0.25) is 0 Å². The lowest BCUT2D eigenvalue weighted by molar-refractivity contribution is -0.141. The highest BCUT2D eigenvalue weighted by atomic mass is 16.4. The zero-order valence-electron chi connectivity index (χ0n) is 7.80. The third kappa shape index (κ3) is 2.65. The van der Waals surface area contributed by atoms with Crippen molar-refractivity contribution in [2.75, 3.05) is 0 Å². The van der Waals surface area contributed by atoms with E-state index in [1.807, 2.05) is 0 Å². The highest BCUT2D eigenvalue weighted by Crippen LogP contribution is 2.08. The average molecular weight is 193 g/mol. The predicted molar refractivity (Wildman–Crippen MR) is 50.1 cm³/mol. The summed E-state index contributed by atoms with van der Waals surface area (Å²) in [6.45, 7) is 1.63. The van der Waals surface area contributed by atoms with Gasteiger partial charge in [-0.2, -0.15) is 0 Å². The Morgan fingerprint density at radius 3 is 3.00 bits per heavy atom. The number of aliphatic carboxylic acids is 1. The van der Waals surface area contributed by atoms with Crippen LogP contribution in [0.3, 0.4) is 0 Å².